The smallest absolute Gasteiger partial charge is 1.00 e. The van der Waals surface area contributed by atoms with Crippen LogP contribution in [0.3, 0.4) is 0 Å². The van der Waals surface area contributed by atoms with Crippen molar-refractivity contribution in [2.75, 3.05) is 20.3 Å². The predicted molar refractivity (Wildman–Crippen MR) is 86.5 cm³/mol. The van der Waals surface area contributed by atoms with Gasteiger partial charge < -0.3 is 6.16 Å². The molecule has 1 aliphatic rings. The Bertz CT molecular complexity index is 519. The van der Waals surface area contributed by atoms with Crippen molar-refractivity contribution in [1.29, 1.82) is 0 Å². The van der Waals surface area contributed by atoms with Crippen LogP contribution in [0.5, 0.6) is 0 Å². The Morgan fingerprint density at radius 2 is 2.12 bits per heavy atom. The first-order valence-corrected chi connectivity index (χ1v) is 7.66. The summed E-state index contributed by atoms with van der Waals surface area (Å²) in [6.07, 6.45) is 4.65. The van der Waals surface area contributed by atoms with Gasteiger partial charge in [-0.15, -0.1) is 6.58 Å². The van der Waals surface area contributed by atoms with Gasteiger partial charge in [0.1, 0.15) is 5.92 Å². The van der Waals surface area contributed by atoms with Crippen LogP contribution in [0.4, 0.5) is 0 Å². The molecule has 0 aromatic rings. The van der Waals surface area contributed by atoms with E-state index in [9.17, 15) is 14.4 Å². The summed E-state index contributed by atoms with van der Waals surface area (Å²) in [6.45, 7) is 8.00. The summed E-state index contributed by atoms with van der Waals surface area (Å²) >= 11 is 0. The van der Waals surface area contributed by atoms with E-state index in [1.54, 1.807) is 26.0 Å². The van der Waals surface area contributed by atoms with Gasteiger partial charge in [0.2, 0.25) is 0 Å². The summed E-state index contributed by atoms with van der Waals surface area (Å²) in [6, 6.07) is 0. The van der Waals surface area contributed by atoms with Crippen molar-refractivity contribution < 1.29 is 54.9 Å². The number of rotatable bonds is 8. The third-order valence-electron chi connectivity index (χ3n) is 3.80. The van der Waals surface area contributed by atoms with Gasteiger partial charge in [-0.05, 0) is 18.3 Å². The molecular weight excluding hydrogens is 321 g/mol. The number of hydrogen-bond donors (Lipinski definition) is 1. The molecule has 0 spiro atoms. The van der Waals surface area contributed by atoms with Gasteiger partial charge in [0, 0.05) is 13.0 Å². The van der Waals surface area contributed by atoms with Gasteiger partial charge in [0.05, 0.1) is 19.3 Å². The molecule has 0 amide bonds. The zero-order chi connectivity index (χ0) is 17.5. The fourth-order valence-electron chi connectivity index (χ4n) is 2.63. The summed E-state index contributed by atoms with van der Waals surface area (Å²) in [5, 5.41) is 0. The van der Waals surface area contributed by atoms with E-state index in [0.29, 0.717) is 26.0 Å². The van der Waals surface area contributed by atoms with Crippen molar-refractivity contribution in [2.24, 2.45) is 11.3 Å². The van der Waals surface area contributed by atoms with Crippen molar-refractivity contribution in [2.45, 2.75) is 33.1 Å². The van der Waals surface area contributed by atoms with Gasteiger partial charge in [-0.1, -0.05) is 26.0 Å². The maximum Gasteiger partial charge on any atom is 1.00 e. The molecule has 0 heterocycles. The van der Waals surface area contributed by atoms with Crippen LogP contribution in [0.15, 0.2) is 24.3 Å². The Labute approximate surface area is 166 Å². The number of allylic oxidation sites excluding steroid dienone is 2. The quantitative estimate of drug-likeness (QED) is 0.0875. The monoisotopic (exact) mass is 347 g/mol. The first-order chi connectivity index (χ1) is 10.8. The van der Waals surface area contributed by atoms with Crippen LogP contribution in [-0.4, -0.2) is 37.8 Å². The van der Waals surface area contributed by atoms with Crippen molar-refractivity contribution in [1.82, 2.24) is 5.48 Å². The topological polar surface area (TPSA) is 81.7 Å². The Morgan fingerprint density at radius 3 is 2.71 bits per heavy atom. The second kappa shape index (κ2) is 10.9. The number of esters is 1. The fourth-order valence-corrected chi connectivity index (χ4v) is 2.63. The summed E-state index contributed by atoms with van der Waals surface area (Å²) < 4.78 is 4.73. The van der Waals surface area contributed by atoms with Crippen LogP contribution >= 0.6 is 0 Å². The fraction of sp³-hybridized carbons (Fsp3) is 0.588. The molecule has 1 fully saturated rings. The minimum atomic E-state index is -0.925. The molecule has 1 rings (SSSR count). The molecule has 1 aliphatic carbocycles. The van der Waals surface area contributed by atoms with E-state index in [1.807, 2.05) is 0 Å². The molecular formula is C17H26NNaO5. The number of unbranched alkanes of at least 4 members (excludes halogenated alkanes) is 1. The zero-order valence-corrected chi connectivity index (χ0v) is 17.0. The maximum absolute atomic E-state index is 12.5. The molecule has 0 aromatic heterocycles. The molecule has 7 heteroatoms. The largest absolute Gasteiger partial charge is 1.00 e. The summed E-state index contributed by atoms with van der Waals surface area (Å²) in [7, 11) is 1.25. The minimum Gasteiger partial charge on any atom is -1.00 e. The van der Waals surface area contributed by atoms with E-state index in [4.69, 9.17) is 9.57 Å². The molecule has 0 aliphatic heterocycles. The van der Waals surface area contributed by atoms with Crippen LogP contribution in [0.1, 0.15) is 34.5 Å². The number of methoxy groups -OCH3 is 1. The number of ketones is 2. The molecule has 24 heavy (non-hydrogen) atoms. The summed E-state index contributed by atoms with van der Waals surface area (Å²) in [5.74, 6) is -2.16. The van der Waals surface area contributed by atoms with Gasteiger partial charge in [0.25, 0.3) is 0 Å². The molecule has 130 valence electrons. The van der Waals surface area contributed by atoms with E-state index < -0.39 is 23.1 Å². The van der Waals surface area contributed by atoms with E-state index in [0.717, 1.165) is 0 Å². The van der Waals surface area contributed by atoms with Crippen LogP contribution in [0, 0.1) is 11.3 Å². The number of hydroxylamine groups is 1. The third kappa shape index (κ3) is 6.26. The zero-order valence-electron chi connectivity index (χ0n) is 16.0. The van der Waals surface area contributed by atoms with Gasteiger partial charge in [-0.2, -0.15) is 0 Å². The summed E-state index contributed by atoms with van der Waals surface area (Å²) in [5.41, 5.74) is 2.15. The molecule has 0 aromatic carbocycles. The van der Waals surface area contributed by atoms with Crippen molar-refractivity contribution in [3.05, 3.63) is 24.3 Å². The molecule has 0 radical (unpaired) electrons. The second-order valence-electron chi connectivity index (χ2n) is 6.16. The van der Waals surface area contributed by atoms with Crippen LogP contribution in [-0.2, 0) is 24.0 Å². The average Bonchev–Trinajstić information content (AvgIpc) is 2.47. The van der Waals surface area contributed by atoms with Gasteiger partial charge in [0.15, 0.2) is 11.6 Å². The maximum atomic E-state index is 12.5. The van der Waals surface area contributed by atoms with Crippen LogP contribution in [0.2, 0.25) is 0 Å². The standard InChI is InChI=1S/C17H25NO5.Na.H/c1-5-10-23-18-9-7-6-8-12-13(19)11-17(2,3)14(15(12)20)16(21)22-4;;/h5,8,14,18H,1,6-7,9-11H2,2-4H3;;/q;+1;-1. The second-order valence-corrected chi connectivity index (χ2v) is 6.16. The normalized spacial score (nSPS) is 21.3. The Kier molecular flexibility index (Phi) is 10.6. The van der Waals surface area contributed by atoms with Crippen molar-refractivity contribution in [3.8, 4) is 0 Å². The van der Waals surface area contributed by atoms with Crippen molar-refractivity contribution >= 4 is 17.5 Å². The van der Waals surface area contributed by atoms with E-state index >= 15 is 0 Å². The van der Waals surface area contributed by atoms with E-state index in [2.05, 4.69) is 12.1 Å². The summed E-state index contributed by atoms with van der Waals surface area (Å²) in [4.78, 5) is 41.6. The van der Waals surface area contributed by atoms with Crippen LogP contribution in [0.25, 0.3) is 0 Å². The number of hydrogen-bond acceptors (Lipinski definition) is 6. The molecule has 6 nitrogen and oxygen atoms in total. The minimum absolute atomic E-state index is 0. The molecule has 1 unspecified atom stereocenters. The SMILES string of the molecule is C=CCONCCCC=C1C(=O)CC(C)(C)C(C(=O)OC)C1=O.[H-].[Na+]. The van der Waals surface area contributed by atoms with Gasteiger partial charge >= 0.3 is 35.5 Å². The first kappa shape index (κ1) is 23.2. The van der Waals surface area contributed by atoms with Crippen LogP contribution < -0.4 is 35.0 Å². The Balaban J connectivity index is 0. The number of carbonyl (C=O) groups excluding carboxylic acids is 3. The first-order valence-electron chi connectivity index (χ1n) is 7.66. The molecule has 1 saturated carbocycles. The number of carbonyl (C=O) groups is 3. The number of Topliss-reactive ketones (excluding diaryl/α,β-unsaturated/α-hetero) is 2. The third-order valence-corrected chi connectivity index (χ3v) is 3.80. The van der Waals surface area contributed by atoms with Gasteiger partial charge in [-0.3, -0.25) is 19.2 Å². The molecule has 0 saturated heterocycles. The number of ether oxygens (including phenoxy) is 1. The molecule has 1 N–H and O–H groups in total. The molecule has 1 atom stereocenters. The Morgan fingerprint density at radius 1 is 1.46 bits per heavy atom. The van der Waals surface area contributed by atoms with E-state index in [1.165, 1.54) is 7.11 Å². The Hall–Kier alpha value is -0.790. The van der Waals surface area contributed by atoms with Gasteiger partial charge in [-0.25, -0.2) is 5.48 Å². The molecule has 0 bridgehead atoms. The average molecular weight is 347 g/mol. The number of nitrogens with one attached hydrogen (secondary N) is 1. The van der Waals surface area contributed by atoms with E-state index in [-0.39, 0.29) is 48.8 Å². The van der Waals surface area contributed by atoms with Crippen molar-refractivity contribution in [3.63, 3.8) is 0 Å². The predicted octanol–water partition coefficient (Wildman–Crippen LogP) is -1.13.